The molecule has 3 aliphatic rings. The Labute approximate surface area is 401 Å². The quantitative estimate of drug-likeness (QED) is 0.167. The van der Waals surface area contributed by atoms with Crippen molar-refractivity contribution in [3.05, 3.63) is 246 Å². The number of anilines is 2. The van der Waals surface area contributed by atoms with Crippen LogP contribution in [-0.4, -0.2) is 19.5 Å². The molecule has 0 radical (unpaired) electrons. The molecule has 2 aromatic heterocycles. The average Bonchev–Trinajstić information content (AvgIpc) is 4.00. The van der Waals surface area contributed by atoms with Crippen molar-refractivity contribution in [2.45, 2.75) is 31.6 Å². The molecule has 1 aliphatic heterocycles. The van der Waals surface area contributed by atoms with Gasteiger partial charge in [-0.05, 0) is 117 Å². The van der Waals surface area contributed by atoms with Crippen LogP contribution >= 0.6 is 0 Å². The van der Waals surface area contributed by atoms with Gasteiger partial charge in [-0.2, -0.15) is 0 Å². The number of fused-ring (bicyclic) bond motifs is 11. The van der Waals surface area contributed by atoms with Gasteiger partial charge in [0.15, 0.2) is 17.5 Å². The fraction of sp³-hybridized carbons (Fsp3) is 0.0781. The van der Waals surface area contributed by atoms with Crippen LogP contribution in [0.1, 0.15) is 48.4 Å². The molecule has 3 heterocycles. The molecule has 5 heteroatoms. The van der Waals surface area contributed by atoms with Gasteiger partial charge in [0.2, 0.25) is 0 Å². The van der Waals surface area contributed by atoms with E-state index in [-0.39, 0.29) is 11.3 Å². The lowest BCUT2D eigenvalue weighted by Gasteiger charge is -2.26. The lowest BCUT2D eigenvalue weighted by Crippen LogP contribution is -2.15. The highest BCUT2D eigenvalue weighted by molar-refractivity contribution is 6.13. The molecule has 1 atom stereocenters. The molecule has 9 aromatic carbocycles. The summed E-state index contributed by atoms with van der Waals surface area (Å²) in [5, 5.41) is 5.03. The summed E-state index contributed by atoms with van der Waals surface area (Å²) in [6.07, 6.45) is 5.54. The number of hydrogen-bond donors (Lipinski definition) is 0. The van der Waals surface area contributed by atoms with Crippen molar-refractivity contribution in [2.24, 2.45) is 0 Å². The number of hydrogen-bond acceptors (Lipinski definition) is 4. The Balaban J connectivity index is 1.02. The highest BCUT2D eigenvalue weighted by Gasteiger charge is 2.39. The largest absolute Gasteiger partial charge is 0.313 e. The maximum atomic E-state index is 5.30. The molecule has 5 nitrogen and oxygen atoms in total. The first-order chi connectivity index (χ1) is 34.0. The van der Waals surface area contributed by atoms with Gasteiger partial charge in [0, 0.05) is 61.6 Å². The van der Waals surface area contributed by atoms with Crippen LogP contribution in [0.2, 0.25) is 0 Å². The van der Waals surface area contributed by atoms with Crippen LogP contribution in [0.4, 0.5) is 11.4 Å². The van der Waals surface area contributed by atoms with Crippen molar-refractivity contribution in [1.29, 1.82) is 0 Å². The number of aromatic nitrogens is 4. The van der Waals surface area contributed by atoms with E-state index < -0.39 is 0 Å². The Kier molecular flexibility index (Phi) is 8.69. The van der Waals surface area contributed by atoms with E-state index in [1.807, 2.05) is 36.4 Å². The highest BCUT2D eigenvalue weighted by Crippen LogP contribution is 2.55. The monoisotopic (exact) mass is 883 g/mol. The SMILES string of the molecule is CC1(C)c2cc3c(cc2-c2c1ccc1ccccc21)c1ccccc1n3-c1cc(C2=CC=C3C(C2)c2ccccc2N3c2ccccc2)cc(-c2nc(-c3ccccc3)nc(-c3ccccc3)n2)c1. The van der Waals surface area contributed by atoms with E-state index in [1.54, 1.807) is 0 Å². The predicted octanol–water partition coefficient (Wildman–Crippen LogP) is 16.0. The van der Waals surface area contributed by atoms with E-state index in [0.717, 1.165) is 39.9 Å². The number of rotatable bonds is 6. The van der Waals surface area contributed by atoms with Gasteiger partial charge in [-0.15, -0.1) is 0 Å². The summed E-state index contributed by atoms with van der Waals surface area (Å²) in [4.78, 5) is 18.1. The molecule has 0 saturated carbocycles. The van der Waals surface area contributed by atoms with E-state index in [9.17, 15) is 0 Å². The first kappa shape index (κ1) is 39.5. The molecular weight excluding hydrogens is 839 g/mol. The number of nitrogens with zero attached hydrogens (tertiary/aromatic N) is 5. The normalized spacial score (nSPS) is 15.4. The molecule has 69 heavy (non-hydrogen) atoms. The van der Waals surface area contributed by atoms with Crippen LogP contribution in [0, 0.1) is 0 Å². The van der Waals surface area contributed by atoms with Crippen LogP contribution < -0.4 is 4.90 Å². The van der Waals surface area contributed by atoms with E-state index in [0.29, 0.717) is 17.5 Å². The lowest BCUT2D eigenvalue weighted by molar-refractivity contribution is 0.661. The van der Waals surface area contributed by atoms with Crippen molar-refractivity contribution in [3.8, 4) is 51.0 Å². The molecular formula is C64H45N5. The first-order valence-corrected chi connectivity index (χ1v) is 23.9. The number of allylic oxidation sites excluding steroid dienone is 4. The van der Waals surface area contributed by atoms with Crippen LogP contribution in [0.5, 0.6) is 0 Å². The predicted molar refractivity (Wildman–Crippen MR) is 284 cm³/mol. The Hall–Kier alpha value is -8.67. The second-order valence-electron chi connectivity index (χ2n) is 19.2. The Morgan fingerprint density at radius 3 is 1.84 bits per heavy atom. The van der Waals surface area contributed by atoms with Crippen molar-refractivity contribution >= 4 is 49.5 Å². The van der Waals surface area contributed by atoms with Gasteiger partial charge in [0.05, 0.1) is 11.0 Å². The van der Waals surface area contributed by atoms with Gasteiger partial charge in [-0.1, -0.05) is 172 Å². The third-order valence-electron chi connectivity index (χ3n) is 14.9. The summed E-state index contributed by atoms with van der Waals surface area (Å²) in [5.41, 5.74) is 18.9. The van der Waals surface area contributed by atoms with Crippen molar-refractivity contribution in [1.82, 2.24) is 19.5 Å². The van der Waals surface area contributed by atoms with E-state index >= 15 is 0 Å². The molecule has 0 amide bonds. The zero-order chi connectivity index (χ0) is 45.8. The molecule has 11 aromatic rings. The van der Waals surface area contributed by atoms with Gasteiger partial charge in [0.25, 0.3) is 0 Å². The van der Waals surface area contributed by atoms with Gasteiger partial charge in [-0.25, -0.2) is 15.0 Å². The maximum Gasteiger partial charge on any atom is 0.164 e. The van der Waals surface area contributed by atoms with Crippen LogP contribution in [0.25, 0.3) is 89.1 Å². The van der Waals surface area contributed by atoms with Gasteiger partial charge in [-0.3, -0.25) is 0 Å². The second-order valence-corrected chi connectivity index (χ2v) is 19.2. The summed E-state index contributed by atoms with van der Waals surface area (Å²) in [6.45, 7) is 4.77. The first-order valence-electron chi connectivity index (χ1n) is 23.9. The van der Waals surface area contributed by atoms with Crippen molar-refractivity contribution < 1.29 is 0 Å². The molecule has 0 N–H and O–H groups in total. The Morgan fingerprint density at radius 1 is 0.464 bits per heavy atom. The third kappa shape index (κ3) is 6.13. The van der Waals surface area contributed by atoms with Crippen LogP contribution in [0.3, 0.4) is 0 Å². The summed E-state index contributed by atoms with van der Waals surface area (Å²) < 4.78 is 2.49. The van der Waals surface area contributed by atoms with Gasteiger partial charge < -0.3 is 9.47 Å². The van der Waals surface area contributed by atoms with Gasteiger partial charge >= 0.3 is 0 Å². The molecule has 2 aliphatic carbocycles. The minimum absolute atomic E-state index is 0.191. The van der Waals surface area contributed by atoms with E-state index in [2.05, 4.69) is 205 Å². The van der Waals surface area contributed by atoms with Crippen molar-refractivity contribution in [3.63, 3.8) is 0 Å². The van der Waals surface area contributed by atoms with E-state index in [4.69, 9.17) is 15.0 Å². The summed E-state index contributed by atoms with van der Waals surface area (Å²) in [6, 6.07) is 74.5. The molecule has 14 rings (SSSR count). The van der Waals surface area contributed by atoms with Crippen LogP contribution in [-0.2, 0) is 5.41 Å². The third-order valence-corrected chi connectivity index (χ3v) is 14.9. The zero-order valence-electron chi connectivity index (χ0n) is 38.3. The molecule has 0 saturated heterocycles. The molecule has 0 fully saturated rings. The summed E-state index contributed by atoms with van der Waals surface area (Å²) in [7, 11) is 0. The summed E-state index contributed by atoms with van der Waals surface area (Å²) >= 11 is 0. The Bertz CT molecular complexity index is 3900. The smallest absolute Gasteiger partial charge is 0.164 e. The van der Waals surface area contributed by atoms with Crippen molar-refractivity contribution in [2.75, 3.05) is 4.90 Å². The standard InChI is InChI=1S/C64H45N5/c1-64(2)54-32-30-40-18-12-13-25-48(40)60(54)53-38-52-50-27-15-17-29-57(50)69(59(52)39-55(53)64)47-35-44(43-31-33-58-51(37-43)49-26-14-16-28-56(49)68(58)46-23-10-5-11-24-46)34-45(36-47)63-66-61(41-19-6-3-7-20-41)65-62(67-63)42-21-8-4-9-22-42/h3-36,38-39,51H,37H2,1-2H3. The Morgan fingerprint density at radius 2 is 1.09 bits per heavy atom. The molecule has 326 valence electrons. The number of benzene rings is 9. The fourth-order valence-electron chi connectivity index (χ4n) is 11.6. The topological polar surface area (TPSA) is 46.8 Å². The molecule has 0 bridgehead atoms. The lowest BCUT2D eigenvalue weighted by atomic mass is 9.82. The molecule has 1 unspecified atom stereocenters. The minimum Gasteiger partial charge on any atom is -0.313 e. The zero-order valence-corrected chi connectivity index (χ0v) is 38.3. The number of para-hydroxylation sites is 3. The minimum atomic E-state index is -0.202. The van der Waals surface area contributed by atoms with E-state index in [1.165, 1.54) is 77.5 Å². The maximum absolute atomic E-state index is 5.30. The van der Waals surface area contributed by atoms with Crippen LogP contribution in [0.15, 0.2) is 224 Å². The average molecular weight is 884 g/mol. The summed E-state index contributed by atoms with van der Waals surface area (Å²) in [5.74, 6) is 2.10. The molecule has 0 spiro atoms. The second kappa shape index (κ2) is 15.2. The fourth-order valence-corrected chi connectivity index (χ4v) is 11.6. The highest BCUT2D eigenvalue weighted by atomic mass is 15.2. The van der Waals surface area contributed by atoms with Gasteiger partial charge in [0.1, 0.15) is 0 Å².